The number of rotatable bonds is 2. The van der Waals surface area contributed by atoms with Crippen LogP contribution in [0.3, 0.4) is 0 Å². The molecule has 0 saturated carbocycles. The number of hydrogen-bond donors (Lipinski definition) is 1. The standard InChI is InChI=1S/C8H16O3S/c1-6(2)8(9)7-4-3-5-12(7,10)11/h6-9H,3-5H2,1-2H3. The monoisotopic (exact) mass is 192 g/mol. The lowest BCUT2D eigenvalue weighted by Gasteiger charge is -2.20. The molecule has 0 amide bonds. The normalized spacial score (nSPS) is 30.8. The molecule has 0 aromatic rings. The van der Waals surface area contributed by atoms with Gasteiger partial charge < -0.3 is 5.11 Å². The largest absolute Gasteiger partial charge is 0.392 e. The van der Waals surface area contributed by atoms with Gasteiger partial charge in [0.2, 0.25) is 0 Å². The van der Waals surface area contributed by atoms with Crippen LogP contribution < -0.4 is 0 Å². The van der Waals surface area contributed by atoms with E-state index in [2.05, 4.69) is 0 Å². The smallest absolute Gasteiger partial charge is 0.155 e. The van der Waals surface area contributed by atoms with E-state index in [1.165, 1.54) is 0 Å². The molecule has 1 saturated heterocycles. The van der Waals surface area contributed by atoms with Crippen molar-refractivity contribution in [1.29, 1.82) is 0 Å². The lowest BCUT2D eigenvalue weighted by atomic mass is 10.0. The Balaban J connectivity index is 2.76. The van der Waals surface area contributed by atoms with Gasteiger partial charge in [-0.15, -0.1) is 0 Å². The first-order chi connectivity index (χ1) is 5.45. The van der Waals surface area contributed by atoms with Crippen molar-refractivity contribution in [3.63, 3.8) is 0 Å². The lowest BCUT2D eigenvalue weighted by molar-refractivity contribution is 0.119. The number of aliphatic hydroxyl groups excluding tert-OH is 1. The first-order valence-electron chi connectivity index (χ1n) is 4.35. The van der Waals surface area contributed by atoms with Crippen LogP contribution in [-0.2, 0) is 9.84 Å². The van der Waals surface area contributed by atoms with Crippen molar-refractivity contribution in [3.05, 3.63) is 0 Å². The molecule has 1 aliphatic heterocycles. The minimum absolute atomic E-state index is 0.0304. The van der Waals surface area contributed by atoms with Crippen molar-refractivity contribution in [3.8, 4) is 0 Å². The summed E-state index contributed by atoms with van der Waals surface area (Å²) >= 11 is 0. The molecule has 0 aromatic carbocycles. The molecule has 1 aliphatic rings. The van der Waals surface area contributed by atoms with Crippen LogP contribution in [0.15, 0.2) is 0 Å². The maximum atomic E-state index is 11.3. The van der Waals surface area contributed by atoms with E-state index in [1.54, 1.807) is 0 Å². The van der Waals surface area contributed by atoms with Crippen LogP contribution in [0.4, 0.5) is 0 Å². The van der Waals surface area contributed by atoms with E-state index >= 15 is 0 Å². The van der Waals surface area contributed by atoms with Gasteiger partial charge in [-0.25, -0.2) is 8.42 Å². The third-order valence-corrected chi connectivity index (χ3v) is 4.74. The summed E-state index contributed by atoms with van der Waals surface area (Å²) in [6.45, 7) is 3.69. The topological polar surface area (TPSA) is 54.4 Å². The van der Waals surface area contributed by atoms with E-state index in [-0.39, 0.29) is 11.7 Å². The summed E-state index contributed by atoms with van der Waals surface area (Å²) < 4.78 is 22.7. The van der Waals surface area contributed by atoms with Crippen molar-refractivity contribution in [2.45, 2.75) is 38.0 Å². The molecule has 1 rings (SSSR count). The fourth-order valence-electron chi connectivity index (χ4n) is 1.63. The lowest BCUT2D eigenvalue weighted by Crippen LogP contribution is -2.34. The quantitative estimate of drug-likeness (QED) is 0.696. The molecule has 12 heavy (non-hydrogen) atoms. The average Bonchev–Trinajstić information content (AvgIpc) is 2.27. The first-order valence-corrected chi connectivity index (χ1v) is 6.06. The van der Waals surface area contributed by atoms with Crippen molar-refractivity contribution < 1.29 is 13.5 Å². The molecular weight excluding hydrogens is 176 g/mol. The molecule has 3 nitrogen and oxygen atoms in total. The highest BCUT2D eigenvalue weighted by Gasteiger charge is 2.37. The predicted molar refractivity (Wildman–Crippen MR) is 47.7 cm³/mol. The van der Waals surface area contributed by atoms with Gasteiger partial charge in [0, 0.05) is 0 Å². The van der Waals surface area contributed by atoms with Gasteiger partial charge in [0.15, 0.2) is 9.84 Å². The van der Waals surface area contributed by atoms with E-state index in [0.717, 1.165) is 0 Å². The molecule has 2 atom stereocenters. The molecule has 2 unspecified atom stereocenters. The van der Waals surface area contributed by atoms with Crippen LogP contribution in [0.25, 0.3) is 0 Å². The Hall–Kier alpha value is -0.0900. The SMILES string of the molecule is CC(C)C(O)C1CCCS1(=O)=O. The van der Waals surface area contributed by atoms with Crippen LogP contribution in [0, 0.1) is 5.92 Å². The molecular formula is C8H16O3S. The summed E-state index contributed by atoms with van der Waals surface area (Å²) in [4.78, 5) is 0. The van der Waals surface area contributed by atoms with Gasteiger partial charge in [0.05, 0.1) is 17.1 Å². The van der Waals surface area contributed by atoms with Crippen LogP contribution in [0.5, 0.6) is 0 Å². The molecule has 0 aromatic heterocycles. The second kappa shape index (κ2) is 3.34. The Labute approximate surface area is 73.7 Å². The van der Waals surface area contributed by atoms with E-state index in [1.807, 2.05) is 13.8 Å². The third kappa shape index (κ3) is 1.80. The zero-order valence-electron chi connectivity index (χ0n) is 7.53. The van der Waals surface area contributed by atoms with Gasteiger partial charge in [0.25, 0.3) is 0 Å². The van der Waals surface area contributed by atoms with Crippen LogP contribution in [0.2, 0.25) is 0 Å². The van der Waals surface area contributed by atoms with Gasteiger partial charge in [-0.05, 0) is 18.8 Å². The molecule has 1 N–H and O–H groups in total. The van der Waals surface area contributed by atoms with E-state index < -0.39 is 21.2 Å². The Bertz CT molecular complexity index is 243. The summed E-state index contributed by atoms with van der Waals surface area (Å²) in [5.41, 5.74) is 0. The summed E-state index contributed by atoms with van der Waals surface area (Å²) in [6, 6.07) is 0. The van der Waals surface area contributed by atoms with Gasteiger partial charge >= 0.3 is 0 Å². The molecule has 0 aliphatic carbocycles. The maximum absolute atomic E-state index is 11.3. The fourth-order valence-corrected chi connectivity index (χ4v) is 3.77. The molecule has 1 fully saturated rings. The van der Waals surface area contributed by atoms with Crippen molar-refractivity contribution in [1.82, 2.24) is 0 Å². The molecule has 0 spiro atoms. The average molecular weight is 192 g/mol. The number of aliphatic hydroxyl groups is 1. The van der Waals surface area contributed by atoms with Gasteiger partial charge in [0.1, 0.15) is 0 Å². The van der Waals surface area contributed by atoms with Gasteiger partial charge in [-0.3, -0.25) is 0 Å². The maximum Gasteiger partial charge on any atom is 0.155 e. The molecule has 0 radical (unpaired) electrons. The second-order valence-electron chi connectivity index (χ2n) is 3.78. The first kappa shape index (κ1) is 9.99. The summed E-state index contributed by atoms with van der Waals surface area (Å²) in [5.74, 6) is 0.282. The third-order valence-electron chi connectivity index (χ3n) is 2.44. The molecule has 1 heterocycles. The second-order valence-corrected chi connectivity index (χ2v) is 6.12. The van der Waals surface area contributed by atoms with Gasteiger partial charge in [-0.2, -0.15) is 0 Å². The highest BCUT2D eigenvalue weighted by molar-refractivity contribution is 7.92. The van der Waals surface area contributed by atoms with Gasteiger partial charge in [-0.1, -0.05) is 13.8 Å². The molecule has 72 valence electrons. The van der Waals surface area contributed by atoms with Crippen LogP contribution in [0.1, 0.15) is 26.7 Å². The van der Waals surface area contributed by atoms with E-state index in [0.29, 0.717) is 12.8 Å². The summed E-state index contributed by atoms with van der Waals surface area (Å²) in [5, 5.41) is 9.08. The molecule has 4 heteroatoms. The summed E-state index contributed by atoms with van der Waals surface area (Å²) in [6.07, 6.45) is 0.649. The van der Waals surface area contributed by atoms with Crippen LogP contribution in [-0.4, -0.2) is 30.6 Å². The molecule has 0 bridgehead atoms. The fraction of sp³-hybridized carbons (Fsp3) is 1.00. The van der Waals surface area contributed by atoms with E-state index in [4.69, 9.17) is 0 Å². The van der Waals surface area contributed by atoms with Crippen molar-refractivity contribution in [2.75, 3.05) is 5.75 Å². The Kier molecular flexibility index (Phi) is 2.78. The van der Waals surface area contributed by atoms with E-state index in [9.17, 15) is 13.5 Å². The van der Waals surface area contributed by atoms with Crippen molar-refractivity contribution >= 4 is 9.84 Å². The zero-order valence-corrected chi connectivity index (χ0v) is 8.34. The number of hydrogen-bond acceptors (Lipinski definition) is 3. The Morgan fingerprint density at radius 1 is 1.42 bits per heavy atom. The minimum atomic E-state index is -2.98. The Morgan fingerprint density at radius 3 is 2.33 bits per heavy atom. The Morgan fingerprint density at radius 2 is 2.00 bits per heavy atom. The highest BCUT2D eigenvalue weighted by Crippen LogP contribution is 2.25. The predicted octanol–water partition coefficient (Wildman–Crippen LogP) is 0.581. The number of sulfone groups is 1. The minimum Gasteiger partial charge on any atom is -0.392 e. The highest BCUT2D eigenvalue weighted by atomic mass is 32.2. The summed E-state index contributed by atoms with van der Waals surface area (Å²) in [7, 11) is -2.98. The van der Waals surface area contributed by atoms with Crippen molar-refractivity contribution in [2.24, 2.45) is 5.92 Å². The zero-order chi connectivity index (χ0) is 9.35. The van der Waals surface area contributed by atoms with Crippen LogP contribution >= 0.6 is 0 Å².